The topological polar surface area (TPSA) is 107 Å². The number of pyridine rings is 1. The summed E-state index contributed by atoms with van der Waals surface area (Å²) < 4.78 is 5.36. The Hall–Kier alpha value is -3.20. The molecule has 0 aliphatic heterocycles. The highest BCUT2D eigenvalue weighted by Crippen LogP contribution is 2.28. The van der Waals surface area contributed by atoms with Crippen molar-refractivity contribution in [3.8, 4) is 0 Å². The van der Waals surface area contributed by atoms with Gasteiger partial charge >= 0.3 is 5.97 Å². The summed E-state index contributed by atoms with van der Waals surface area (Å²) in [7, 11) is 3.57. The molecule has 0 atom stereocenters. The monoisotopic (exact) mass is 382 g/mol. The summed E-state index contributed by atoms with van der Waals surface area (Å²) in [6.07, 6.45) is 1.64. The van der Waals surface area contributed by atoms with Gasteiger partial charge in [0.05, 0.1) is 5.56 Å². The lowest BCUT2D eigenvalue weighted by molar-refractivity contribution is 0.0457. The molecule has 0 bridgehead atoms. The van der Waals surface area contributed by atoms with E-state index in [4.69, 9.17) is 10.5 Å². The normalized spacial score (nSPS) is 10.4. The highest BCUT2D eigenvalue weighted by molar-refractivity contribution is 7.99. The van der Waals surface area contributed by atoms with E-state index < -0.39 is 5.97 Å². The van der Waals surface area contributed by atoms with Crippen LogP contribution in [0.15, 0.2) is 58.6 Å². The van der Waals surface area contributed by atoms with Gasteiger partial charge in [0, 0.05) is 25.2 Å². The van der Waals surface area contributed by atoms with Crippen LogP contribution in [0.4, 0.5) is 11.9 Å². The third-order valence-electron chi connectivity index (χ3n) is 3.37. The number of esters is 1. The summed E-state index contributed by atoms with van der Waals surface area (Å²) in [5.74, 6) is 0.240. The van der Waals surface area contributed by atoms with Crippen molar-refractivity contribution in [1.82, 2.24) is 19.9 Å². The van der Waals surface area contributed by atoms with Crippen LogP contribution < -0.4 is 10.6 Å². The Balaban J connectivity index is 1.74. The Bertz CT molecular complexity index is 936. The summed E-state index contributed by atoms with van der Waals surface area (Å²) in [6, 6.07) is 13.0. The van der Waals surface area contributed by atoms with Gasteiger partial charge in [0.2, 0.25) is 11.9 Å². The lowest BCUT2D eigenvalue weighted by Gasteiger charge is -2.12. The van der Waals surface area contributed by atoms with E-state index in [0.29, 0.717) is 16.5 Å². The zero-order valence-electron chi connectivity index (χ0n) is 14.9. The molecule has 0 unspecified atom stereocenters. The molecule has 0 spiro atoms. The Kier molecular flexibility index (Phi) is 5.82. The molecule has 3 aromatic rings. The average molecular weight is 382 g/mol. The van der Waals surface area contributed by atoms with Crippen molar-refractivity contribution in [1.29, 1.82) is 0 Å². The van der Waals surface area contributed by atoms with Crippen LogP contribution in [-0.2, 0) is 11.3 Å². The number of benzene rings is 1. The van der Waals surface area contributed by atoms with Crippen molar-refractivity contribution >= 4 is 29.6 Å². The maximum Gasteiger partial charge on any atom is 0.341 e. The first kappa shape index (κ1) is 18.6. The van der Waals surface area contributed by atoms with Crippen LogP contribution in [0.5, 0.6) is 0 Å². The molecule has 27 heavy (non-hydrogen) atoms. The first-order valence-electron chi connectivity index (χ1n) is 8.05. The molecule has 0 fully saturated rings. The molecular weight excluding hydrogens is 364 g/mol. The van der Waals surface area contributed by atoms with Crippen molar-refractivity contribution in [2.24, 2.45) is 0 Å². The molecule has 1 aromatic carbocycles. The van der Waals surface area contributed by atoms with Crippen LogP contribution >= 0.6 is 11.8 Å². The summed E-state index contributed by atoms with van der Waals surface area (Å²) in [5, 5.41) is 0.567. The standard InChI is InChI=1S/C18H18N6O2S/c1-24(2)18-22-14(21-17(19)23-18)11-26-16(25)13-9-6-10-20-15(13)27-12-7-4-3-5-8-12/h3-10H,11H2,1-2H3,(H2,19,21,22,23). The number of anilines is 2. The third kappa shape index (κ3) is 4.91. The van der Waals surface area contributed by atoms with Gasteiger partial charge in [-0.1, -0.05) is 30.0 Å². The number of nitrogen functional groups attached to an aromatic ring is 1. The lowest BCUT2D eigenvalue weighted by atomic mass is 10.3. The molecule has 3 rings (SSSR count). The van der Waals surface area contributed by atoms with Gasteiger partial charge in [-0.2, -0.15) is 15.0 Å². The minimum Gasteiger partial charge on any atom is -0.454 e. The third-order valence-corrected chi connectivity index (χ3v) is 4.39. The van der Waals surface area contributed by atoms with E-state index in [2.05, 4.69) is 19.9 Å². The minimum atomic E-state index is -0.507. The van der Waals surface area contributed by atoms with E-state index in [0.717, 1.165) is 4.90 Å². The largest absolute Gasteiger partial charge is 0.454 e. The van der Waals surface area contributed by atoms with Crippen LogP contribution in [0.25, 0.3) is 0 Å². The van der Waals surface area contributed by atoms with E-state index >= 15 is 0 Å². The van der Waals surface area contributed by atoms with E-state index in [1.165, 1.54) is 11.8 Å². The summed E-state index contributed by atoms with van der Waals surface area (Å²) >= 11 is 1.39. The predicted molar refractivity (Wildman–Crippen MR) is 102 cm³/mol. The molecule has 0 aliphatic rings. The Morgan fingerprint density at radius 3 is 2.63 bits per heavy atom. The zero-order chi connectivity index (χ0) is 19.2. The van der Waals surface area contributed by atoms with Gasteiger partial charge < -0.3 is 15.4 Å². The molecule has 0 radical (unpaired) electrons. The molecule has 8 nitrogen and oxygen atoms in total. The Morgan fingerprint density at radius 1 is 1.11 bits per heavy atom. The second-order valence-electron chi connectivity index (χ2n) is 5.65. The van der Waals surface area contributed by atoms with Gasteiger partial charge in [0.1, 0.15) is 5.03 Å². The molecule has 0 aliphatic carbocycles. The Labute approximate surface area is 160 Å². The van der Waals surface area contributed by atoms with Crippen LogP contribution in [0.3, 0.4) is 0 Å². The number of nitrogens with two attached hydrogens (primary N) is 1. The highest BCUT2D eigenvalue weighted by Gasteiger charge is 2.16. The maximum absolute atomic E-state index is 12.5. The van der Waals surface area contributed by atoms with Gasteiger partial charge in [-0.25, -0.2) is 9.78 Å². The predicted octanol–water partition coefficient (Wildman–Crippen LogP) is 2.42. The first-order chi connectivity index (χ1) is 13.0. The lowest BCUT2D eigenvalue weighted by Crippen LogP contribution is -2.17. The van der Waals surface area contributed by atoms with Gasteiger partial charge in [-0.05, 0) is 24.3 Å². The SMILES string of the molecule is CN(C)c1nc(N)nc(COC(=O)c2cccnc2Sc2ccccc2)n1. The average Bonchev–Trinajstić information content (AvgIpc) is 2.67. The van der Waals surface area contributed by atoms with E-state index in [9.17, 15) is 4.79 Å². The number of hydrogen-bond donors (Lipinski definition) is 1. The van der Waals surface area contributed by atoms with Crippen molar-refractivity contribution in [3.05, 3.63) is 60.0 Å². The maximum atomic E-state index is 12.5. The number of ether oxygens (including phenoxy) is 1. The summed E-state index contributed by atoms with van der Waals surface area (Å²) in [5.41, 5.74) is 6.06. The first-order valence-corrected chi connectivity index (χ1v) is 8.87. The highest BCUT2D eigenvalue weighted by atomic mass is 32.2. The van der Waals surface area contributed by atoms with Crippen molar-refractivity contribution in [3.63, 3.8) is 0 Å². The van der Waals surface area contributed by atoms with Gasteiger partial charge in [0.25, 0.3) is 0 Å². The number of rotatable bonds is 6. The van der Waals surface area contributed by atoms with E-state index in [-0.39, 0.29) is 18.4 Å². The van der Waals surface area contributed by atoms with E-state index in [1.807, 2.05) is 30.3 Å². The fraction of sp³-hybridized carbons (Fsp3) is 0.167. The quantitative estimate of drug-likeness (QED) is 0.643. The van der Waals surface area contributed by atoms with Crippen LogP contribution in [-0.4, -0.2) is 40.0 Å². The fourth-order valence-corrected chi connectivity index (χ4v) is 3.02. The summed E-state index contributed by atoms with van der Waals surface area (Å²) in [6.45, 7) is -0.114. The second-order valence-corrected chi connectivity index (χ2v) is 6.71. The smallest absolute Gasteiger partial charge is 0.341 e. The zero-order valence-corrected chi connectivity index (χ0v) is 15.7. The minimum absolute atomic E-state index is 0.0708. The van der Waals surface area contributed by atoms with Gasteiger partial charge in [0.15, 0.2) is 12.4 Å². The molecule has 138 valence electrons. The molecule has 2 N–H and O–H groups in total. The fourth-order valence-electron chi connectivity index (χ4n) is 2.13. The molecule has 2 heterocycles. The molecule has 0 amide bonds. The number of carbonyl (C=O) groups is 1. The van der Waals surface area contributed by atoms with Crippen LogP contribution in [0.1, 0.15) is 16.2 Å². The molecule has 0 saturated heterocycles. The van der Waals surface area contributed by atoms with Gasteiger partial charge in [-0.3, -0.25) is 0 Å². The molecule has 2 aromatic heterocycles. The van der Waals surface area contributed by atoms with Crippen LogP contribution in [0, 0.1) is 0 Å². The summed E-state index contributed by atoms with van der Waals surface area (Å²) in [4.78, 5) is 31.7. The Morgan fingerprint density at radius 2 is 1.89 bits per heavy atom. The molecular formula is C18H18N6O2S. The van der Waals surface area contributed by atoms with Crippen molar-refractivity contribution in [2.45, 2.75) is 16.5 Å². The second kappa shape index (κ2) is 8.45. The molecule has 9 heteroatoms. The van der Waals surface area contributed by atoms with Gasteiger partial charge in [-0.15, -0.1) is 0 Å². The molecule has 0 saturated carbocycles. The van der Waals surface area contributed by atoms with Crippen molar-refractivity contribution < 1.29 is 9.53 Å². The number of carbonyl (C=O) groups excluding carboxylic acids is 1. The number of hydrogen-bond acceptors (Lipinski definition) is 9. The number of nitrogens with zero attached hydrogens (tertiary/aromatic N) is 5. The van der Waals surface area contributed by atoms with Crippen LogP contribution in [0.2, 0.25) is 0 Å². The van der Waals surface area contributed by atoms with Crippen molar-refractivity contribution in [2.75, 3.05) is 24.7 Å². The van der Waals surface area contributed by atoms with E-state index in [1.54, 1.807) is 37.3 Å². The number of aromatic nitrogens is 4.